The maximum Gasteiger partial charge on any atom is 0.142 e. The van der Waals surface area contributed by atoms with Crippen molar-refractivity contribution in [2.24, 2.45) is 23.7 Å². The summed E-state index contributed by atoms with van der Waals surface area (Å²) in [6.45, 7) is 3.01. The molecule has 0 radical (unpaired) electrons. The zero-order valence-corrected chi connectivity index (χ0v) is 12.8. The van der Waals surface area contributed by atoms with Gasteiger partial charge in [0.05, 0.1) is 29.5 Å². The molecule has 0 amide bonds. The fourth-order valence-electron chi connectivity index (χ4n) is 6.52. The average molecular weight is 288 g/mol. The van der Waals surface area contributed by atoms with E-state index in [-0.39, 0.29) is 17.1 Å². The molecule has 0 aromatic heterocycles. The Balaban J connectivity index is 1.61. The van der Waals surface area contributed by atoms with Crippen LogP contribution in [0.2, 0.25) is 0 Å². The fraction of sp³-hybridized carbons (Fsp3) is 0.833. The third-order valence-electron chi connectivity index (χ3n) is 7.12. The molecular weight excluding hydrogens is 264 g/mol. The van der Waals surface area contributed by atoms with Gasteiger partial charge in [0.2, 0.25) is 0 Å². The Hall–Kier alpha value is -0.830. The van der Waals surface area contributed by atoms with E-state index in [1.54, 1.807) is 0 Å². The van der Waals surface area contributed by atoms with Crippen LogP contribution in [0.5, 0.6) is 0 Å². The number of hydrogen-bond donors (Lipinski definition) is 0. The zero-order chi connectivity index (χ0) is 14.2. The van der Waals surface area contributed by atoms with E-state index in [0.29, 0.717) is 30.0 Å². The van der Waals surface area contributed by atoms with Crippen molar-refractivity contribution in [1.82, 2.24) is 0 Å². The molecular formula is C18H24O3. The highest BCUT2D eigenvalue weighted by molar-refractivity contribution is 5.86. The van der Waals surface area contributed by atoms with Crippen LogP contribution in [0.1, 0.15) is 51.9 Å². The Morgan fingerprint density at radius 2 is 2.24 bits per heavy atom. The molecule has 3 heterocycles. The number of ether oxygens (including phenoxy) is 2. The Morgan fingerprint density at radius 3 is 3.05 bits per heavy atom. The van der Waals surface area contributed by atoms with Crippen LogP contribution in [0.15, 0.2) is 11.8 Å². The van der Waals surface area contributed by atoms with E-state index in [2.05, 4.69) is 13.0 Å². The summed E-state index contributed by atoms with van der Waals surface area (Å²) in [7, 11) is 0. The van der Waals surface area contributed by atoms with E-state index in [1.807, 2.05) is 0 Å². The highest BCUT2D eigenvalue weighted by Crippen LogP contribution is 2.67. The summed E-state index contributed by atoms with van der Waals surface area (Å²) < 4.78 is 12.7. The van der Waals surface area contributed by atoms with Gasteiger partial charge in [-0.1, -0.05) is 12.8 Å². The highest BCUT2D eigenvalue weighted by Gasteiger charge is 2.72. The molecule has 0 aromatic carbocycles. The second-order valence-corrected chi connectivity index (χ2v) is 8.02. The van der Waals surface area contributed by atoms with Crippen LogP contribution < -0.4 is 0 Å². The van der Waals surface area contributed by atoms with Gasteiger partial charge in [-0.15, -0.1) is 0 Å². The molecule has 6 aliphatic rings. The van der Waals surface area contributed by atoms with E-state index in [9.17, 15) is 4.79 Å². The zero-order valence-electron chi connectivity index (χ0n) is 12.8. The first-order valence-corrected chi connectivity index (χ1v) is 8.70. The summed E-state index contributed by atoms with van der Waals surface area (Å²) >= 11 is 0. The lowest BCUT2D eigenvalue weighted by Crippen LogP contribution is -2.67. The van der Waals surface area contributed by atoms with Gasteiger partial charge in [-0.3, -0.25) is 4.79 Å². The molecule has 3 heteroatoms. The highest BCUT2D eigenvalue weighted by atomic mass is 16.5. The Kier molecular flexibility index (Phi) is 2.37. The summed E-state index contributed by atoms with van der Waals surface area (Å²) in [6.07, 6.45) is 9.92. The molecule has 3 nitrogen and oxygen atoms in total. The minimum atomic E-state index is -0.302. The first kappa shape index (κ1) is 12.7. The van der Waals surface area contributed by atoms with Gasteiger partial charge in [0, 0.05) is 18.8 Å². The average Bonchev–Trinajstić information content (AvgIpc) is 3.03. The number of Topliss-reactive ketones (excluding diaryl/α,β-unsaturated/α-hetero) is 1. The van der Waals surface area contributed by atoms with Gasteiger partial charge < -0.3 is 9.47 Å². The largest absolute Gasteiger partial charge is 0.498 e. The van der Waals surface area contributed by atoms with Crippen LogP contribution in [0.3, 0.4) is 0 Å². The minimum Gasteiger partial charge on any atom is -0.498 e. The minimum absolute atomic E-state index is 0.123. The Morgan fingerprint density at radius 1 is 1.33 bits per heavy atom. The van der Waals surface area contributed by atoms with Crippen molar-refractivity contribution >= 4 is 5.78 Å². The van der Waals surface area contributed by atoms with Crippen molar-refractivity contribution in [1.29, 1.82) is 0 Å². The summed E-state index contributed by atoms with van der Waals surface area (Å²) in [5.74, 6) is 3.19. The van der Waals surface area contributed by atoms with Crippen LogP contribution >= 0.6 is 0 Å². The summed E-state index contributed by atoms with van der Waals surface area (Å²) in [5.41, 5.74) is -0.429. The standard InChI is InChI=1S/C18H24O3/c1-17-13(15-6-4-8-20-15)9-11-12-5-2-3-7-18(12,21-17)10-14(19)16(11)17/h6,11-13,16H,2-5,7-10H2,1H3/t11-,12?,13?,16?,17?,18?/m1/s1. The molecule has 2 saturated heterocycles. The van der Waals surface area contributed by atoms with Crippen molar-refractivity contribution in [2.45, 2.75) is 63.1 Å². The van der Waals surface area contributed by atoms with Crippen molar-refractivity contribution < 1.29 is 14.3 Å². The Labute approximate surface area is 126 Å². The number of carbonyl (C=O) groups is 1. The number of carbonyl (C=O) groups excluding carboxylic acids is 1. The van der Waals surface area contributed by atoms with E-state index in [4.69, 9.17) is 9.47 Å². The fourth-order valence-corrected chi connectivity index (χ4v) is 6.52. The van der Waals surface area contributed by atoms with Crippen LogP contribution in [0.25, 0.3) is 0 Å². The first-order valence-electron chi connectivity index (χ1n) is 8.70. The SMILES string of the molecule is CC12OC34CCCCC3[C@@H](CC1C1=CCCO1)C2C(=O)C4. The lowest BCUT2D eigenvalue weighted by Gasteiger charge is -2.61. The van der Waals surface area contributed by atoms with Gasteiger partial charge in [-0.2, -0.15) is 0 Å². The van der Waals surface area contributed by atoms with Crippen LogP contribution in [0, 0.1) is 23.7 Å². The molecule has 1 spiro atoms. The van der Waals surface area contributed by atoms with Gasteiger partial charge in [0.15, 0.2) is 0 Å². The second kappa shape index (κ2) is 3.92. The van der Waals surface area contributed by atoms with Crippen molar-refractivity contribution in [3.05, 3.63) is 11.8 Å². The number of hydrogen-bond acceptors (Lipinski definition) is 3. The van der Waals surface area contributed by atoms with Crippen molar-refractivity contribution in [3.63, 3.8) is 0 Å². The van der Waals surface area contributed by atoms with Gasteiger partial charge in [-0.25, -0.2) is 0 Å². The smallest absolute Gasteiger partial charge is 0.142 e. The molecule has 6 atom stereocenters. The topological polar surface area (TPSA) is 35.5 Å². The van der Waals surface area contributed by atoms with E-state index in [0.717, 1.165) is 31.6 Å². The molecule has 3 aliphatic heterocycles. The molecule has 5 fully saturated rings. The molecule has 6 rings (SSSR count). The van der Waals surface area contributed by atoms with E-state index >= 15 is 0 Å². The Bertz CT molecular complexity index is 539. The normalized spacial score (nSPS) is 54.3. The third-order valence-corrected chi connectivity index (χ3v) is 7.12. The lowest BCUT2D eigenvalue weighted by atomic mass is 9.55. The lowest BCUT2D eigenvalue weighted by molar-refractivity contribution is -0.272. The first-order chi connectivity index (χ1) is 10.1. The molecule has 21 heavy (non-hydrogen) atoms. The third kappa shape index (κ3) is 1.42. The van der Waals surface area contributed by atoms with Crippen LogP contribution in [0.4, 0.5) is 0 Å². The molecule has 3 saturated carbocycles. The molecule has 114 valence electrons. The molecule has 3 aliphatic carbocycles. The van der Waals surface area contributed by atoms with Crippen molar-refractivity contribution in [2.75, 3.05) is 6.61 Å². The predicted molar refractivity (Wildman–Crippen MR) is 77.5 cm³/mol. The van der Waals surface area contributed by atoms with Crippen LogP contribution in [-0.2, 0) is 14.3 Å². The van der Waals surface area contributed by atoms with E-state index in [1.165, 1.54) is 19.3 Å². The maximum atomic E-state index is 12.8. The van der Waals surface area contributed by atoms with Crippen LogP contribution in [-0.4, -0.2) is 23.6 Å². The second-order valence-electron chi connectivity index (χ2n) is 8.02. The summed E-state index contributed by atoms with van der Waals surface area (Å²) in [5, 5.41) is 0. The number of rotatable bonds is 1. The van der Waals surface area contributed by atoms with E-state index < -0.39 is 0 Å². The van der Waals surface area contributed by atoms with Gasteiger partial charge >= 0.3 is 0 Å². The van der Waals surface area contributed by atoms with Gasteiger partial charge in [-0.05, 0) is 44.1 Å². The van der Waals surface area contributed by atoms with Crippen molar-refractivity contribution in [3.8, 4) is 0 Å². The molecule has 0 aromatic rings. The van der Waals surface area contributed by atoms with Gasteiger partial charge in [0.25, 0.3) is 0 Å². The monoisotopic (exact) mass is 288 g/mol. The molecule has 5 unspecified atom stereocenters. The maximum absolute atomic E-state index is 12.8. The number of ketones is 1. The summed E-state index contributed by atoms with van der Waals surface area (Å²) in [4.78, 5) is 12.8. The molecule has 4 bridgehead atoms. The quantitative estimate of drug-likeness (QED) is 0.743. The molecule has 0 N–H and O–H groups in total. The summed E-state index contributed by atoms with van der Waals surface area (Å²) in [6, 6.07) is 0. The predicted octanol–water partition coefficient (Wildman–Crippen LogP) is 3.23. The number of fused-ring (bicyclic) bond motifs is 1. The van der Waals surface area contributed by atoms with Gasteiger partial charge in [0.1, 0.15) is 5.78 Å².